The molecule has 0 heterocycles. The summed E-state index contributed by atoms with van der Waals surface area (Å²) in [5.41, 5.74) is 0.915. The van der Waals surface area contributed by atoms with Crippen molar-refractivity contribution in [1.29, 1.82) is 0 Å². The quantitative estimate of drug-likeness (QED) is 0.594. The van der Waals surface area contributed by atoms with Gasteiger partial charge in [0.15, 0.2) is 12.4 Å². The number of benzene rings is 2. The van der Waals surface area contributed by atoms with Gasteiger partial charge in [-0.1, -0.05) is 75.2 Å². The van der Waals surface area contributed by atoms with Gasteiger partial charge in [0.05, 0.1) is 5.56 Å². The van der Waals surface area contributed by atoms with Crippen LogP contribution < -0.4 is 5.32 Å². The van der Waals surface area contributed by atoms with Gasteiger partial charge in [-0.25, -0.2) is 4.79 Å². The highest BCUT2D eigenvalue weighted by atomic mass is 16.5. The lowest BCUT2D eigenvalue weighted by atomic mass is 9.78. The first-order chi connectivity index (χ1) is 14.0. The molecule has 0 aromatic heterocycles. The zero-order valence-corrected chi connectivity index (χ0v) is 16.9. The topological polar surface area (TPSA) is 72.5 Å². The molecule has 152 valence electrons. The van der Waals surface area contributed by atoms with E-state index in [-0.39, 0.29) is 35.5 Å². The monoisotopic (exact) mass is 393 g/mol. The lowest BCUT2D eigenvalue weighted by molar-refractivity contribution is -0.125. The number of nitrogens with one attached hydrogen (secondary N) is 1. The lowest BCUT2D eigenvalue weighted by Crippen LogP contribution is -2.45. The molecule has 5 heteroatoms. The van der Waals surface area contributed by atoms with Crippen molar-refractivity contribution in [2.24, 2.45) is 11.8 Å². The summed E-state index contributed by atoms with van der Waals surface area (Å²) in [6.07, 6.45) is 3.21. The van der Waals surface area contributed by atoms with Crippen molar-refractivity contribution in [2.45, 2.75) is 39.2 Å². The summed E-state index contributed by atoms with van der Waals surface area (Å²) in [5, 5.41) is 2.99. The average Bonchev–Trinajstić information content (AvgIpc) is 2.75. The molecule has 1 saturated carbocycles. The molecule has 0 spiro atoms. The van der Waals surface area contributed by atoms with Gasteiger partial charge < -0.3 is 10.1 Å². The number of esters is 1. The molecular weight excluding hydrogens is 366 g/mol. The molecule has 29 heavy (non-hydrogen) atoms. The van der Waals surface area contributed by atoms with Crippen molar-refractivity contribution in [1.82, 2.24) is 5.32 Å². The molecule has 0 unspecified atom stereocenters. The number of ketones is 1. The number of hydrogen-bond acceptors (Lipinski definition) is 4. The van der Waals surface area contributed by atoms with Crippen LogP contribution in [-0.2, 0) is 9.53 Å². The Morgan fingerprint density at radius 1 is 0.931 bits per heavy atom. The van der Waals surface area contributed by atoms with Gasteiger partial charge in [0.1, 0.15) is 0 Å². The second kappa shape index (κ2) is 9.50. The van der Waals surface area contributed by atoms with E-state index in [1.807, 2.05) is 6.07 Å². The second-order valence-electron chi connectivity index (χ2n) is 7.76. The van der Waals surface area contributed by atoms with Crippen molar-refractivity contribution in [3.8, 4) is 0 Å². The second-order valence-corrected chi connectivity index (χ2v) is 7.76. The minimum atomic E-state index is -0.676. The Morgan fingerprint density at radius 2 is 1.59 bits per heavy atom. The number of amides is 1. The normalized spacial score (nSPS) is 21.2. The van der Waals surface area contributed by atoms with Crippen LogP contribution in [0.25, 0.3) is 0 Å². The van der Waals surface area contributed by atoms with Crippen molar-refractivity contribution < 1.29 is 19.1 Å². The third-order valence-electron chi connectivity index (χ3n) is 5.82. The van der Waals surface area contributed by atoms with Gasteiger partial charge in [-0.2, -0.15) is 0 Å². The Morgan fingerprint density at radius 3 is 2.31 bits per heavy atom. The summed E-state index contributed by atoms with van der Waals surface area (Å²) >= 11 is 0. The van der Waals surface area contributed by atoms with Gasteiger partial charge in [0.2, 0.25) is 0 Å². The molecule has 5 nitrogen and oxygen atoms in total. The maximum absolute atomic E-state index is 12.8. The van der Waals surface area contributed by atoms with Crippen LogP contribution in [0, 0.1) is 11.8 Å². The highest BCUT2D eigenvalue weighted by Gasteiger charge is 2.28. The molecule has 0 saturated heterocycles. The van der Waals surface area contributed by atoms with E-state index in [1.165, 1.54) is 6.42 Å². The number of carbonyl (C=O) groups excluding carboxylic acids is 3. The van der Waals surface area contributed by atoms with Gasteiger partial charge >= 0.3 is 5.97 Å². The third-order valence-corrected chi connectivity index (χ3v) is 5.82. The predicted octanol–water partition coefficient (Wildman–Crippen LogP) is 4.02. The van der Waals surface area contributed by atoms with E-state index in [1.54, 1.807) is 48.5 Å². The Kier molecular flexibility index (Phi) is 6.81. The molecule has 2 aromatic carbocycles. The molecule has 0 aliphatic heterocycles. The standard InChI is InChI=1S/C24H27NO4/c1-16-9-8-14-21(17(16)2)25-22(26)15-29-24(28)20-13-7-6-12-19(20)23(27)18-10-4-3-5-11-18/h3-7,10-13,16-17,21H,8-9,14-15H2,1-2H3,(H,25,26)/t16-,17-,21-/m1/s1. The fraction of sp³-hybridized carbons (Fsp3) is 0.375. The van der Waals surface area contributed by atoms with Crippen molar-refractivity contribution in [3.63, 3.8) is 0 Å². The largest absolute Gasteiger partial charge is 0.452 e. The summed E-state index contributed by atoms with van der Waals surface area (Å²) in [7, 11) is 0. The summed E-state index contributed by atoms with van der Waals surface area (Å²) in [5.74, 6) is -0.283. The average molecular weight is 393 g/mol. The first-order valence-electron chi connectivity index (χ1n) is 10.1. The van der Waals surface area contributed by atoms with E-state index in [9.17, 15) is 14.4 Å². The first kappa shape index (κ1) is 20.8. The van der Waals surface area contributed by atoms with Crippen LogP contribution in [0.1, 0.15) is 59.4 Å². The van der Waals surface area contributed by atoms with Crippen LogP contribution in [0.4, 0.5) is 0 Å². The predicted molar refractivity (Wildman–Crippen MR) is 111 cm³/mol. The fourth-order valence-corrected chi connectivity index (χ4v) is 3.85. The summed E-state index contributed by atoms with van der Waals surface area (Å²) in [6, 6.07) is 15.4. The SMILES string of the molecule is C[C@@H]1[C@H](C)CCC[C@H]1NC(=O)COC(=O)c1ccccc1C(=O)c1ccccc1. The molecule has 1 N–H and O–H groups in total. The molecule has 1 aliphatic carbocycles. The van der Waals surface area contributed by atoms with Gasteiger partial charge in [0, 0.05) is 17.2 Å². The number of carbonyl (C=O) groups is 3. The highest BCUT2D eigenvalue weighted by molar-refractivity contribution is 6.14. The molecule has 3 atom stereocenters. The van der Waals surface area contributed by atoms with E-state index in [0.717, 1.165) is 12.8 Å². The van der Waals surface area contributed by atoms with E-state index in [2.05, 4.69) is 19.2 Å². The van der Waals surface area contributed by atoms with E-state index < -0.39 is 5.97 Å². The van der Waals surface area contributed by atoms with Gasteiger partial charge in [-0.05, 0) is 24.3 Å². The van der Waals surface area contributed by atoms with Crippen LogP contribution in [0.15, 0.2) is 54.6 Å². The van der Waals surface area contributed by atoms with E-state index in [0.29, 0.717) is 17.4 Å². The van der Waals surface area contributed by atoms with Crippen molar-refractivity contribution in [2.75, 3.05) is 6.61 Å². The fourth-order valence-electron chi connectivity index (χ4n) is 3.85. The zero-order chi connectivity index (χ0) is 20.8. The Bertz CT molecular complexity index is 877. The van der Waals surface area contributed by atoms with Crippen LogP contribution in [0.5, 0.6) is 0 Å². The zero-order valence-electron chi connectivity index (χ0n) is 16.9. The van der Waals surface area contributed by atoms with Gasteiger partial charge in [-0.15, -0.1) is 0 Å². The minimum absolute atomic E-state index is 0.108. The molecule has 3 rings (SSSR count). The van der Waals surface area contributed by atoms with Crippen LogP contribution in [-0.4, -0.2) is 30.3 Å². The molecule has 0 bridgehead atoms. The third kappa shape index (κ3) is 5.11. The number of hydrogen-bond donors (Lipinski definition) is 1. The van der Waals surface area contributed by atoms with Crippen molar-refractivity contribution in [3.05, 3.63) is 71.3 Å². The number of rotatable bonds is 6. The number of ether oxygens (including phenoxy) is 1. The maximum atomic E-state index is 12.8. The molecule has 1 amide bonds. The van der Waals surface area contributed by atoms with Crippen molar-refractivity contribution >= 4 is 17.7 Å². The molecule has 0 radical (unpaired) electrons. The Hall–Kier alpha value is -2.95. The van der Waals surface area contributed by atoms with Gasteiger partial charge in [0.25, 0.3) is 5.91 Å². The molecular formula is C24H27NO4. The highest BCUT2D eigenvalue weighted by Crippen LogP contribution is 2.29. The lowest BCUT2D eigenvalue weighted by Gasteiger charge is -2.34. The van der Waals surface area contributed by atoms with Crippen LogP contribution >= 0.6 is 0 Å². The van der Waals surface area contributed by atoms with E-state index in [4.69, 9.17) is 4.74 Å². The van der Waals surface area contributed by atoms with E-state index >= 15 is 0 Å². The summed E-state index contributed by atoms with van der Waals surface area (Å²) in [6.45, 7) is 3.99. The molecule has 1 fully saturated rings. The Labute approximate surface area is 171 Å². The van der Waals surface area contributed by atoms with Gasteiger partial charge in [-0.3, -0.25) is 9.59 Å². The smallest absolute Gasteiger partial charge is 0.339 e. The summed E-state index contributed by atoms with van der Waals surface area (Å²) < 4.78 is 5.22. The molecule has 2 aromatic rings. The Balaban J connectivity index is 1.63. The molecule has 1 aliphatic rings. The maximum Gasteiger partial charge on any atom is 0.339 e. The van der Waals surface area contributed by atoms with Crippen LogP contribution in [0.2, 0.25) is 0 Å². The van der Waals surface area contributed by atoms with Crippen LogP contribution in [0.3, 0.4) is 0 Å². The summed E-state index contributed by atoms with van der Waals surface area (Å²) in [4.78, 5) is 37.6. The minimum Gasteiger partial charge on any atom is -0.452 e. The first-order valence-corrected chi connectivity index (χ1v) is 10.1.